The quantitative estimate of drug-likeness (QED) is 0.255. The van der Waals surface area contributed by atoms with Crippen molar-refractivity contribution >= 4 is 22.5 Å². The Balaban J connectivity index is 1.11. The van der Waals surface area contributed by atoms with E-state index in [-0.39, 0.29) is 0 Å². The van der Waals surface area contributed by atoms with Gasteiger partial charge in [0.25, 0.3) is 0 Å². The number of pyridine rings is 2. The molecule has 3 unspecified atom stereocenters. The Hall–Kier alpha value is -4.31. The molecule has 42 heavy (non-hydrogen) atoms. The molecule has 2 bridgehead atoms. The van der Waals surface area contributed by atoms with Crippen molar-refractivity contribution in [2.45, 2.75) is 36.5 Å². The molecule has 8 rings (SSSR count). The molecule has 12 heteroatoms. The molecule has 4 aromatic heterocycles. The Morgan fingerprint density at radius 3 is 2.43 bits per heavy atom. The standard InChI is InChI=1S/C30H26F2N8OS/c1-42(41)26-5-2-19(3-6-26)14-38-24-9-25(38)18-37(17-24)28-7-4-20(11-34-28)27-8-21(23-13-36-40(16-23)30(31)32)15-39-29(27)22(10-33)12-35-39/h2-8,11-13,15-16,24-25,30H,9,14,17-18H2,1H3. The number of aromatic nitrogens is 5. The van der Waals surface area contributed by atoms with Crippen LogP contribution in [0.4, 0.5) is 14.6 Å². The van der Waals surface area contributed by atoms with E-state index in [4.69, 9.17) is 4.98 Å². The lowest BCUT2D eigenvalue weighted by molar-refractivity contribution is -0.00869. The van der Waals surface area contributed by atoms with Crippen LogP contribution in [0.15, 0.2) is 78.3 Å². The smallest absolute Gasteiger partial charge is 0.333 e. The minimum absolute atomic E-state index is 0.415. The molecule has 3 aliphatic rings. The van der Waals surface area contributed by atoms with Gasteiger partial charge in [-0.25, -0.2) is 14.2 Å². The number of piperazine rings is 1. The van der Waals surface area contributed by atoms with E-state index in [0.29, 0.717) is 39.0 Å². The molecule has 7 heterocycles. The second kappa shape index (κ2) is 10.5. The largest absolute Gasteiger partial charge is 0.612 e. The highest BCUT2D eigenvalue weighted by Crippen LogP contribution is 2.37. The summed E-state index contributed by atoms with van der Waals surface area (Å²) in [5.41, 5.74) is 4.96. The van der Waals surface area contributed by atoms with Crippen LogP contribution in [0.25, 0.3) is 27.8 Å². The number of rotatable bonds is 7. The molecule has 212 valence electrons. The summed E-state index contributed by atoms with van der Waals surface area (Å²) in [6.45, 7) is -0.0903. The lowest BCUT2D eigenvalue weighted by atomic mass is 9.86. The fourth-order valence-corrected chi connectivity index (χ4v) is 6.56. The molecule has 0 saturated carbocycles. The normalized spacial score (nSPS) is 19.2. The van der Waals surface area contributed by atoms with Crippen molar-refractivity contribution in [3.63, 3.8) is 0 Å². The molecule has 3 saturated heterocycles. The summed E-state index contributed by atoms with van der Waals surface area (Å²) in [6, 6.07) is 16.9. The van der Waals surface area contributed by atoms with Gasteiger partial charge in [0.15, 0.2) is 4.90 Å². The number of benzene rings is 1. The Morgan fingerprint density at radius 2 is 1.79 bits per heavy atom. The van der Waals surface area contributed by atoms with Gasteiger partial charge in [0.05, 0.1) is 23.5 Å². The van der Waals surface area contributed by atoms with E-state index in [1.165, 1.54) is 24.2 Å². The highest BCUT2D eigenvalue weighted by molar-refractivity contribution is 7.90. The molecule has 0 aliphatic carbocycles. The van der Waals surface area contributed by atoms with E-state index < -0.39 is 17.7 Å². The molecule has 9 nitrogen and oxygen atoms in total. The maximum Gasteiger partial charge on any atom is 0.333 e. The number of fused-ring (bicyclic) bond motifs is 3. The molecular weight excluding hydrogens is 558 g/mol. The summed E-state index contributed by atoms with van der Waals surface area (Å²) in [4.78, 5) is 10.5. The molecule has 1 aromatic carbocycles. The zero-order chi connectivity index (χ0) is 29.0. The number of anilines is 1. The summed E-state index contributed by atoms with van der Waals surface area (Å²) < 4.78 is 40.2. The monoisotopic (exact) mass is 584 g/mol. The minimum Gasteiger partial charge on any atom is -0.612 e. The third kappa shape index (κ3) is 4.69. The van der Waals surface area contributed by atoms with Gasteiger partial charge < -0.3 is 9.45 Å². The Kier molecular flexibility index (Phi) is 6.65. The average molecular weight is 585 g/mol. The fraction of sp³-hybridized carbons (Fsp3) is 0.267. The third-order valence-corrected chi connectivity index (χ3v) is 9.15. The van der Waals surface area contributed by atoms with Crippen LogP contribution in [0, 0.1) is 11.3 Å². The zero-order valence-corrected chi connectivity index (χ0v) is 23.5. The molecule has 0 amide bonds. The van der Waals surface area contributed by atoms with Crippen LogP contribution in [0.2, 0.25) is 0 Å². The van der Waals surface area contributed by atoms with Gasteiger partial charge in [-0.05, 0) is 53.5 Å². The van der Waals surface area contributed by atoms with E-state index >= 15 is 0 Å². The van der Waals surface area contributed by atoms with Crippen LogP contribution in [0.5, 0.6) is 0 Å². The Bertz CT molecular complexity index is 1780. The number of hydrogen-bond acceptors (Lipinski definition) is 7. The van der Waals surface area contributed by atoms with Crippen molar-refractivity contribution in [3.8, 4) is 28.3 Å². The predicted molar refractivity (Wildman–Crippen MR) is 154 cm³/mol. The van der Waals surface area contributed by atoms with E-state index in [9.17, 15) is 18.6 Å². The van der Waals surface area contributed by atoms with Crippen molar-refractivity contribution in [2.75, 3.05) is 24.2 Å². The number of nitrogens with zero attached hydrogens (tertiary/aromatic N) is 8. The SMILES string of the molecule is C[S+]([O-])c1ccc(CN2C3CC2CN(c2ccc(-c4cc(-c5cnn(C(F)F)c5)cn5ncc(C#N)c45)cn2)C3)cc1. The van der Waals surface area contributed by atoms with Crippen molar-refractivity contribution in [3.05, 3.63) is 84.6 Å². The van der Waals surface area contributed by atoms with Crippen LogP contribution < -0.4 is 4.90 Å². The molecular formula is C30H26F2N8OS. The number of alkyl halides is 2. The molecule has 3 fully saturated rings. The van der Waals surface area contributed by atoms with Gasteiger partial charge in [0.1, 0.15) is 18.1 Å². The molecule has 0 N–H and O–H groups in total. The van der Waals surface area contributed by atoms with Gasteiger partial charge in [-0.15, -0.1) is 0 Å². The second-order valence-electron chi connectivity index (χ2n) is 10.7. The first kappa shape index (κ1) is 26.6. The van der Waals surface area contributed by atoms with Crippen molar-refractivity contribution in [1.29, 1.82) is 5.26 Å². The highest BCUT2D eigenvalue weighted by atomic mass is 32.2. The first-order valence-corrected chi connectivity index (χ1v) is 15.1. The highest BCUT2D eigenvalue weighted by Gasteiger charge is 2.44. The lowest BCUT2D eigenvalue weighted by Gasteiger charge is -2.56. The summed E-state index contributed by atoms with van der Waals surface area (Å²) in [7, 11) is 0. The summed E-state index contributed by atoms with van der Waals surface area (Å²) in [5, 5.41) is 17.8. The number of nitriles is 1. The van der Waals surface area contributed by atoms with E-state index in [1.54, 1.807) is 23.2 Å². The van der Waals surface area contributed by atoms with Crippen LogP contribution in [0.3, 0.4) is 0 Å². The average Bonchev–Trinajstić information content (AvgIpc) is 3.68. The van der Waals surface area contributed by atoms with Gasteiger partial charge in [-0.2, -0.15) is 24.2 Å². The molecule has 5 aromatic rings. The molecule has 0 spiro atoms. The van der Waals surface area contributed by atoms with Crippen LogP contribution in [0.1, 0.15) is 24.1 Å². The minimum atomic E-state index is -2.73. The summed E-state index contributed by atoms with van der Waals surface area (Å²) in [5.74, 6) is 0.891. The molecule has 3 aliphatic heterocycles. The second-order valence-corrected chi connectivity index (χ2v) is 12.1. The van der Waals surface area contributed by atoms with Gasteiger partial charge in [-0.1, -0.05) is 12.1 Å². The van der Waals surface area contributed by atoms with Crippen LogP contribution in [-0.4, -0.2) is 65.3 Å². The van der Waals surface area contributed by atoms with E-state index in [0.717, 1.165) is 47.9 Å². The van der Waals surface area contributed by atoms with Crippen molar-refractivity contribution in [1.82, 2.24) is 29.3 Å². The van der Waals surface area contributed by atoms with Crippen molar-refractivity contribution < 1.29 is 13.3 Å². The summed E-state index contributed by atoms with van der Waals surface area (Å²) in [6.07, 6.45) is 10.5. The Morgan fingerprint density at radius 1 is 1.00 bits per heavy atom. The zero-order valence-electron chi connectivity index (χ0n) is 22.6. The maximum absolute atomic E-state index is 13.1. The van der Waals surface area contributed by atoms with Gasteiger partial charge in [-0.3, -0.25) is 4.90 Å². The number of piperidine rings is 1. The third-order valence-electron chi connectivity index (χ3n) is 8.21. The van der Waals surface area contributed by atoms with E-state index in [1.807, 2.05) is 30.3 Å². The number of hydrogen-bond donors (Lipinski definition) is 0. The lowest BCUT2D eigenvalue weighted by Crippen LogP contribution is -2.68. The predicted octanol–water partition coefficient (Wildman–Crippen LogP) is 4.73. The Labute approximate surface area is 243 Å². The van der Waals surface area contributed by atoms with Crippen molar-refractivity contribution in [2.24, 2.45) is 0 Å². The first-order chi connectivity index (χ1) is 20.4. The maximum atomic E-state index is 13.1. The summed E-state index contributed by atoms with van der Waals surface area (Å²) >= 11 is -0.974. The first-order valence-electron chi connectivity index (χ1n) is 13.5. The van der Waals surface area contributed by atoms with Gasteiger partial charge >= 0.3 is 6.55 Å². The van der Waals surface area contributed by atoms with Crippen LogP contribution in [-0.2, 0) is 17.7 Å². The van der Waals surface area contributed by atoms with Gasteiger partial charge in [0, 0.05) is 72.6 Å². The topological polar surface area (TPSA) is 101 Å². The molecule has 0 radical (unpaired) electrons. The fourth-order valence-electron chi connectivity index (χ4n) is 6.04. The number of halogens is 2. The van der Waals surface area contributed by atoms with E-state index in [2.05, 4.69) is 38.2 Å². The van der Waals surface area contributed by atoms with Crippen LogP contribution >= 0.6 is 0 Å². The van der Waals surface area contributed by atoms with Gasteiger partial charge in [0.2, 0.25) is 0 Å². The molecule has 3 atom stereocenters.